The van der Waals surface area contributed by atoms with Crippen LogP contribution in [0, 0.1) is 0 Å². The maximum absolute atomic E-state index is 6.56. The molecule has 0 amide bonds. The van der Waals surface area contributed by atoms with Gasteiger partial charge in [-0.15, -0.1) is 11.3 Å². The van der Waals surface area contributed by atoms with Crippen molar-refractivity contribution in [2.75, 3.05) is 0 Å². The second-order valence-corrected chi connectivity index (χ2v) is 17.8. The van der Waals surface area contributed by atoms with Crippen molar-refractivity contribution in [2.45, 2.75) is 0 Å². The molecule has 4 aromatic heterocycles. The third-order valence-corrected chi connectivity index (χ3v) is 14.2. The molecule has 5 nitrogen and oxygen atoms in total. The van der Waals surface area contributed by atoms with Gasteiger partial charge >= 0.3 is 0 Å². The van der Waals surface area contributed by atoms with Crippen LogP contribution in [-0.4, -0.2) is 19.5 Å². The fraction of sp³-hybridized carbons (Fsp3) is 0. The van der Waals surface area contributed by atoms with E-state index in [4.69, 9.17) is 19.4 Å². The second kappa shape index (κ2) is 14.0. The van der Waals surface area contributed by atoms with Crippen LogP contribution >= 0.6 is 11.3 Å². The van der Waals surface area contributed by atoms with Gasteiger partial charge < -0.3 is 8.98 Å². The summed E-state index contributed by atoms with van der Waals surface area (Å²) in [5.74, 6) is 1.72. The number of para-hydroxylation sites is 3. The Morgan fingerprint density at radius 1 is 0.385 bits per heavy atom. The van der Waals surface area contributed by atoms with Gasteiger partial charge in [0.05, 0.1) is 22.3 Å². The number of nitrogens with zero attached hydrogens (tertiary/aromatic N) is 4. The number of hydrogen-bond donors (Lipinski definition) is 0. The minimum Gasteiger partial charge on any atom is -0.455 e. The fourth-order valence-corrected chi connectivity index (χ4v) is 11.3. The predicted octanol–water partition coefficient (Wildman–Crippen LogP) is 16.2. The minimum absolute atomic E-state index is 0.551. The van der Waals surface area contributed by atoms with Crippen LogP contribution in [0.2, 0.25) is 0 Å². The zero-order valence-corrected chi connectivity index (χ0v) is 35.6. The molecule has 14 aromatic rings. The van der Waals surface area contributed by atoms with Crippen LogP contribution in [0.3, 0.4) is 0 Å². The summed E-state index contributed by atoms with van der Waals surface area (Å²) < 4.78 is 11.6. The maximum atomic E-state index is 6.56. The molecular formula is C59H34N4OS. The van der Waals surface area contributed by atoms with Crippen LogP contribution in [0.4, 0.5) is 0 Å². The van der Waals surface area contributed by atoms with Gasteiger partial charge in [0.2, 0.25) is 0 Å². The summed E-state index contributed by atoms with van der Waals surface area (Å²) in [6.07, 6.45) is 0. The Morgan fingerprint density at radius 3 is 1.91 bits per heavy atom. The summed E-state index contributed by atoms with van der Waals surface area (Å²) in [4.78, 5) is 15.8. The highest BCUT2D eigenvalue weighted by atomic mass is 32.1. The van der Waals surface area contributed by atoms with Crippen LogP contribution in [0.5, 0.6) is 0 Å². The van der Waals surface area contributed by atoms with E-state index in [2.05, 4.69) is 168 Å². The third kappa shape index (κ3) is 5.54. The lowest BCUT2D eigenvalue weighted by Crippen LogP contribution is -2.02. The molecule has 4 heterocycles. The van der Waals surface area contributed by atoms with E-state index in [0.717, 1.165) is 66.5 Å². The highest BCUT2D eigenvalue weighted by Crippen LogP contribution is 2.47. The number of benzene rings is 10. The Bertz CT molecular complexity index is 4260. The number of rotatable bonds is 5. The van der Waals surface area contributed by atoms with Crippen molar-refractivity contribution in [1.29, 1.82) is 0 Å². The molecule has 0 radical (unpaired) electrons. The molecule has 0 saturated heterocycles. The second-order valence-electron chi connectivity index (χ2n) is 16.7. The SMILES string of the molecule is c1ccc(-c2nc(-c3ccc(-n4c5ccccc5c5cc6ccccc6cc54)c(-c4cc5ccccc5c5sc6ccccc6c45)c3)nc(-c3cccc4c3oc3ccccc34)n2)cc1. The monoisotopic (exact) mass is 846 g/mol. The van der Waals surface area contributed by atoms with Crippen molar-refractivity contribution >= 4 is 96.8 Å². The molecule has 302 valence electrons. The van der Waals surface area contributed by atoms with Crippen molar-refractivity contribution in [1.82, 2.24) is 19.5 Å². The van der Waals surface area contributed by atoms with Gasteiger partial charge in [-0.1, -0.05) is 146 Å². The highest BCUT2D eigenvalue weighted by Gasteiger charge is 2.23. The standard InChI is InChI=1S/C59H34N4OS/c1-2-15-35(16-3-1)57-60-58(62-59(61-57)45-25-14-24-43-42-22-9-12-27-52(42)64-55(43)45)39-29-30-50(63-49-26-11-8-21-41(49)46-31-36-17-4-5-18-37(36)34-51(46)63)47(33-39)48-32-38-19-6-7-20-40(38)56-54(48)44-23-10-13-28-53(44)65-56/h1-34H. The minimum atomic E-state index is 0.551. The molecule has 0 aliphatic rings. The van der Waals surface area contributed by atoms with Crippen LogP contribution in [0.25, 0.3) is 136 Å². The first-order chi connectivity index (χ1) is 32.2. The first-order valence-electron chi connectivity index (χ1n) is 21.8. The molecule has 0 spiro atoms. The van der Waals surface area contributed by atoms with E-state index in [1.54, 1.807) is 0 Å². The van der Waals surface area contributed by atoms with Crippen LogP contribution < -0.4 is 0 Å². The molecule has 6 heteroatoms. The number of thiophene rings is 1. The number of fused-ring (bicyclic) bond motifs is 12. The molecule has 0 bridgehead atoms. The fourth-order valence-electron chi connectivity index (χ4n) is 10.0. The molecule has 0 N–H and O–H groups in total. The quantitative estimate of drug-likeness (QED) is 0.173. The summed E-state index contributed by atoms with van der Waals surface area (Å²) in [6, 6.07) is 73.4. The van der Waals surface area contributed by atoms with Crippen molar-refractivity contribution < 1.29 is 4.42 Å². The number of aromatic nitrogens is 4. The van der Waals surface area contributed by atoms with Gasteiger partial charge in [0.25, 0.3) is 0 Å². The van der Waals surface area contributed by atoms with Gasteiger partial charge in [-0.2, -0.15) is 0 Å². The first-order valence-corrected chi connectivity index (χ1v) is 22.7. The largest absolute Gasteiger partial charge is 0.455 e. The Morgan fingerprint density at radius 2 is 1.05 bits per heavy atom. The maximum Gasteiger partial charge on any atom is 0.167 e. The van der Waals surface area contributed by atoms with E-state index in [1.165, 1.54) is 52.5 Å². The normalized spacial score (nSPS) is 12.0. The lowest BCUT2D eigenvalue weighted by Gasteiger charge is -2.18. The molecule has 0 aliphatic heterocycles. The highest BCUT2D eigenvalue weighted by molar-refractivity contribution is 7.26. The molecule has 0 unspecified atom stereocenters. The summed E-state index contributed by atoms with van der Waals surface area (Å²) >= 11 is 1.86. The van der Waals surface area contributed by atoms with Crippen LogP contribution in [-0.2, 0) is 0 Å². The first kappa shape index (κ1) is 36.1. The lowest BCUT2D eigenvalue weighted by atomic mass is 9.93. The number of furan rings is 1. The summed E-state index contributed by atoms with van der Waals surface area (Å²) in [6.45, 7) is 0. The summed E-state index contributed by atoms with van der Waals surface area (Å²) in [5, 5.41) is 11.9. The van der Waals surface area contributed by atoms with Crippen molar-refractivity contribution in [3.63, 3.8) is 0 Å². The predicted molar refractivity (Wildman–Crippen MR) is 271 cm³/mol. The summed E-state index contributed by atoms with van der Waals surface area (Å²) in [5.41, 5.74) is 9.80. The van der Waals surface area contributed by atoms with Gasteiger partial charge in [0.15, 0.2) is 17.5 Å². The van der Waals surface area contributed by atoms with Crippen LogP contribution in [0.15, 0.2) is 211 Å². The van der Waals surface area contributed by atoms with Gasteiger partial charge in [0, 0.05) is 58.4 Å². The molecule has 14 rings (SSSR count). The smallest absolute Gasteiger partial charge is 0.167 e. The molecule has 0 aliphatic carbocycles. The molecule has 0 atom stereocenters. The van der Waals surface area contributed by atoms with E-state index < -0.39 is 0 Å². The third-order valence-electron chi connectivity index (χ3n) is 13.0. The molecule has 10 aromatic carbocycles. The molecule has 0 fully saturated rings. The number of hydrogen-bond acceptors (Lipinski definition) is 5. The van der Waals surface area contributed by atoms with Crippen molar-refractivity contribution in [3.8, 4) is 51.0 Å². The van der Waals surface area contributed by atoms with Gasteiger partial charge in [-0.3, -0.25) is 0 Å². The zero-order valence-electron chi connectivity index (χ0n) is 34.7. The van der Waals surface area contributed by atoms with Crippen molar-refractivity contribution in [2.24, 2.45) is 0 Å². The molecule has 0 saturated carbocycles. The van der Waals surface area contributed by atoms with E-state index in [0.29, 0.717) is 17.5 Å². The van der Waals surface area contributed by atoms with Gasteiger partial charge in [-0.25, -0.2) is 15.0 Å². The lowest BCUT2D eigenvalue weighted by molar-refractivity contribution is 0.669. The van der Waals surface area contributed by atoms with E-state index in [9.17, 15) is 0 Å². The Labute approximate surface area is 376 Å². The average Bonchev–Trinajstić information content (AvgIpc) is 4.05. The van der Waals surface area contributed by atoms with Crippen LogP contribution in [0.1, 0.15) is 0 Å². The van der Waals surface area contributed by atoms with E-state index in [-0.39, 0.29) is 0 Å². The van der Waals surface area contributed by atoms with Crippen molar-refractivity contribution in [3.05, 3.63) is 206 Å². The molecule has 65 heavy (non-hydrogen) atoms. The van der Waals surface area contributed by atoms with E-state index in [1.807, 2.05) is 53.8 Å². The zero-order chi connectivity index (χ0) is 42.6. The Hall–Kier alpha value is -8.45. The topological polar surface area (TPSA) is 56.7 Å². The summed E-state index contributed by atoms with van der Waals surface area (Å²) in [7, 11) is 0. The van der Waals surface area contributed by atoms with Gasteiger partial charge in [-0.05, 0) is 87.8 Å². The van der Waals surface area contributed by atoms with E-state index >= 15 is 0 Å². The average molecular weight is 847 g/mol. The molecular weight excluding hydrogens is 813 g/mol. The Balaban J connectivity index is 1.10. The van der Waals surface area contributed by atoms with Gasteiger partial charge in [0.1, 0.15) is 11.2 Å². The Kier molecular flexibility index (Phi) is 7.79.